The molecule has 3 nitrogen and oxygen atoms in total. The van der Waals surface area contributed by atoms with Crippen molar-refractivity contribution in [1.82, 2.24) is 4.98 Å². The lowest BCUT2D eigenvalue weighted by Gasteiger charge is -2.36. The maximum atomic E-state index is 6.38. The molecule has 0 amide bonds. The predicted molar refractivity (Wildman–Crippen MR) is 88.7 cm³/mol. The Labute approximate surface area is 126 Å². The molecule has 0 bridgehead atoms. The highest BCUT2D eigenvalue weighted by atomic mass is 32.1. The second-order valence-corrected chi connectivity index (χ2v) is 12.5. The SMILES string of the molecule is COc1cc2sc(C)nc2cc1O[Si](C)(C)C(C)(C)C. The molecule has 1 aromatic heterocycles. The van der Waals surface area contributed by atoms with Crippen LogP contribution in [-0.2, 0) is 0 Å². The number of aromatic nitrogens is 1. The summed E-state index contributed by atoms with van der Waals surface area (Å²) < 4.78 is 13.0. The Hall–Kier alpha value is -1.07. The zero-order chi connectivity index (χ0) is 15.1. The van der Waals surface area contributed by atoms with E-state index in [1.807, 2.05) is 19.1 Å². The molecule has 5 heteroatoms. The van der Waals surface area contributed by atoms with Gasteiger partial charge < -0.3 is 9.16 Å². The molecule has 2 aromatic rings. The van der Waals surface area contributed by atoms with Crippen LogP contribution in [0.15, 0.2) is 12.1 Å². The van der Waals surface area contributed by atoms with E-state index in [1.54, 1.807) is 18.4 Å². The van der Waals surface area contributed by atoms with Gasteiger partial charge in [0.15, 0.2) is 5.75 Å². The fourth-order valence-electron chi connectivity index (χ4n) is 1.72. The Balaban J connectivity index is 2.47. The molecule has 0 saturated carbocycles. The van der Waals surface area contributed by atoms with Gasteiger partial charge >= 0.3 is 0 Å². The first kappa shape index (κ1) is 15.3. The number of nitrogens with zero attached hydrogens (tertiary/aromatic N) is 1. The van der Waals surface area contributed by atoms with Crippen LogP contribution in [0.1, 0.15) is 25.8 Å². The molecule has 0 fully saturated rings. The average Bonchev–Trinajstić information content (AvgIpc) is 2.65. The molecular weight excluding hydrogens is 286 g/mol. The summed E-state index contributed by atoms with van der Waals surface area (Å²) in [6.45, 7) is 13.2. The van der Waals surface area contributed by atoms with Crippen molar-refractivity contribution >= 4 is 29.9 Å². The maximum Gasteiger partial charge on any atom is 0.250 e. The standard InChI is InChI=1S/C15H23NO2SSi/c1-10-16-11-8-13(12(17-5)9-14(11)19-10)18-20(6,7)15(2,3)4/h8-9H,1-7H3. The molecule has 0 saturated heterocycles. The van der Waals surface area contributed by atoms with Crippen LogP contribution in [0.4, 0.5) is 0 Å². The highest BCUT2D eigenvalue weighted by Crippen LogP contribution is 2.41. The molecule has 110 valence electrons. The van der Waals surface area contributed by atoms with Crippen LogP contribution in [0.5, 0.6) is 11.5 Å². The van der Waals surface area contributed by atoms with Crippen molar-refractivity contribution in [3.05, 3.63) is 17.1 Å². The van der Waals surface area contributed by atoms with Crippen molar-refractivity contribution in [3.63, 3.8) is 0 Å². The molecule has 1 heterocycles. The van der Waals surface area contributed by atoms with Crippen molar-refractivity contribution in [2.75, 3.05) is 7.11 Å². The fourth-order valence-corrected chi connectivity index (χ4v) is 3.57. The smallest absolute Gasteiger partial charge is 0.250 e. The molecule has 0 aliphatic carbocycles. The van der Waals surface area contributed by atoms with E-state index in [0.717, 1.165) is 26.7 Å². The van der Waals surface area contributed by atoms with Crippen molar-refractivity contribution in [2.45, 2.75) is 45.8 Å². The molecule has 1 aromatic carbocycles. The van der Waals surface area contributed by atoms with Crippen LogP contribution < -0.4 is 9.16 Å². The summed E-state index contributed by atoms with van der Waals surface area (Å²) in [6, 6.07) is 4.04. The largest absolute Gasteiger partial charge is 0.541 e. The minimum Gasteiger partial charge on any atom is -0.541 e. The average molecular weight is 310 g/mol. The summed E-state index contributed by atoms with van der Waals surface area (Å²) in [6.07, 6.45) is 0. The number of benzene rings is 1. The van der Waals surface area contributed by atoms with Gasteiger partial charge in [0.05, 0.1) is 22.3 Å². The highest BCUT2D eigenvalue weighted by molar-refractivity contribution is 7.18. The van der Waals surface area contributed by atoms with Crippen molar-refractivity contribution in [1.29, 1.82) is 0 Å². The van der Waals surface area contributed by atoms with E-state index in [-0.39, 0.29) is 5.04 Å². The van der Waals surface area contributed by atoms with Gasteiger partial charge in [-0.05, 0) is 25.1 Å². The number of hydrogen-bond donors (Lipinski definition) is 0. The van der Waals surface area contributed by atoms with E-state index < -0.39 is 8.32 Å². The van der Waals surface area contributed by atoms with Gasteiger partial charge in [0, 0.05) is 12.1 Å². The van der Waals surface area contributed by atoms with Crippen LogP contribution >= 0.6 is 11.3 Å². The molecule has 0 aliphatic heterocycles. The molecule has 0 radical (unpaired) electrons. The van der Waals surface area contributed by atoms with E-state index in [1.165, 1.54) is 0 Å². The Morgan fingerprint density at radius 1 is 1.15 bits per heavy atom. The quantitative estimate of drug-likeness (QED) is 0.748. The normalized spacial score (nSPS) is 12.8. The molecule has 0 spiro atoms. The summed E-state index contributed by atoms with van der Waals surface area (Å²) in [4.78, 5) is 4.54. The molecule has 0 atom stereocenters. The molecule has 0 aliphatic rings. The minimum absolute atomic E-state index is 0.158. The third-order valence-electron chi connectivity index (χ3n) is 3.95. The summed E-state index contributed by atoms with van der Waals surface area (Å²) in [7, 11) is -0.190. The van der Waals surface area contributed by atoms with E-state index in [0.29, 0.717) is 0 Å². The second kappa shape index (κ2) is 5.04. The third kappa shape index (κ3) is 2.83. The Morgan fingerprint density at radius 3 is 2.35 bits per heavy atom. The van der Waals surface area contributed by atoms with E-state index >= 15 is 0 Å². The van der Waals surface area contributed by atoms with Crippen molar-refractivity contribution in [3.8, 4) is 11.5 Å². The van der Waals surface area contributed by atoms with Gasteiger partial charge in [-0.3, -0.25) is 0 Å². The molecular formula is C15H23NO2SSi. The van der Waals surface area contributed by atoms with Gasteiger partial charge in [-0.1, -0.05) is 20.8 Å². The summed E-state index contributed by atoms with van der Waals surface area (Å²) in [5.74, 6) is 1.61. The van der Waals surface area contributed by atoms with E-state index in [2.05, 4.69) is 38.8 Å². The topological polar surface area (TPSA) is 31.4 Å². The van der Waals surface area contributed by atoms with Gasteiger partial charge in [-0.15, -0.1) is 11.3 Å². The summed E-state index contributed by atoms with van der Waals surface area (Å²) >= 11 is 1.68. The second-order valence-electron chi connectivity index (χ2n) is 6.57. The predicted octanol–water partition coefficient (Wildman–Crippen LogP) is 5.00. The van der Waals surface area contributed by atoms with Crippen LogP contribution in [0, 0.1) is 6.92 Å². The van der Waals surface area contributed by atoms with Crippen molar-refractivity contribution in [2.24, 2.45) is 0 Å². The molecule has 20 heavy (non-hydrogen) atoms. The number of hydrogen-bond acceptors (Lipinski definition) is 4. The monoisotopic (exact) mass is 309 g/mol. The van der Waals surface area contributed by atoms with Crippen LogP contribution in [0.25, 0.3) is 10.2 Å². The number of fused-ring (bicyclic) bond motifs is 1. The van der Waals surface area contributed by atoms with Crippen LogP contribution in [-0.4, -0.2) is 20.4 Å². The lowest BCUT2D eigenvalue weighted by Crippen LogP contribution is -2.43. The first-order valence-electron chi connectivity index (χ1n) is 6.78. The van der Waals surface area contributed by atoms with Crippen molar-refractivity contribution < 1.29 is 9.16 Å². The lowest BCUT2D eigenvalue weighted by molar-refractivity contribution is 0.387. The number of aryl methyl sites for hydroxylation is 1. The summed E-state index contributed by atoms with van der Waals surface area (Å²) in [5.41, 5.74) is 0.988. The fraction of sp³-hybridized carbons (Fsp3) is 0.533. The number of rotatable bonds is 3. The first-order chi connectivity index (χ1) is 9.14. The van der Waals surface area contributed by atoms with Crippen LogP contribution in [0.3, 0.4) is 0 Å². The highest BCUT2D eigenvalue weighted by Gasteiger charge is 2.39. The Morgan fingerprint density at radius 2 is 1.80 bits per heavy atom. The van der Waals surface area contributed by atoms with E-state index in [9.17, 15) is 0 Å². The Kier molecular flexibility index (Phi) is 3.86. The minimum atomic E-state index is -1.88. The molecule has 0 unspecified atom stereocenters. The number of ether oxygens (including phenoxy) is 1. The van der Waals surface area contributed by atoms with Gasteiger partial charge in [-0.2, -0.15) is 0 Å². The number of thiazole rings is 1. The Bertz CT molecular complexity index is 629. The summed E-state index contributed by atoms with van der Waals surface area (Å²) in [5, 5.41) is 1.22. The number of methoxy groups -OCH3 is 1. The van der Waals surface area contributed by atoms with Crippen LogP contribution in [0.2, 0.25) is 18.1 Å². The van der Waals surface area contributed by atoms with Gasteiger partial charge in [0.2, 0.25) is 0 Å². The molecule has 0 N–H and O–H groups in total. The zero-order valence-electron chi connectivity index (χ0n) is 13.3. The third-order valence-corrected chi connectivity index (χ3v) is 9.23. The van der Waals surface area contributed by atoms with Gasteiger partial charge in [-0.25, -0.2) is 4.98 Å². The molecule has 2 rings (SSSR count). The van der Waals surface area contributed by atoms with Gasteiger partial charge in [0.1, 0.15) is 5.75 Å². The zero-order valence-corrected chi connectivity index (χ0v) is 15.1. The van der Waals surface area contributed by atoms with Gasteiger partial charge in [0.25, 0.3) is 8.32 Å². The lowest BCUT2D eigenvalue weighted by atomic mass is 10.2. The first-order valence-corrected chi connectivity index (χ1v) is 10.5. The van der Waals surface area contributed by atoms with E-state index in [4.69, 9.17) is 9.16 Å². The maximum absolute atomic E-state index is 6.38.